The van der Waals surface area contributed by atoms with Crippen LogP contribution in [0.4, 0.5) is 9.18 Å². The first-order chi connectivity index (χ1) is 10.9. The Morgan fingerprint density at radius 1 is 1.21 bits per heavy atom. The number of nitrogens with zero attached hydrogens (tertiary/aromatic N) is 1. The molecule has 0 radical (unpaired) electrons. The molecule has 1 saturated heterocycles. The van der Waals surface area contributed by atoms with Crippen LogP contribution in [0, 0.1) is 0 Å². The Balaban J connectivity index is 2.11. The zero-order chi connectivity index (χ0) is 18.2. The minimum absolute atomic E-state index is 0.00116. The second-order valence-electron chi connectivity index (χ2n) is 6.81. The highest BCUT2D eigenvalue weighted by Gasteiger charge is 2.48. The maximum atomic E-state index is 15.1. The average molecular weight is 422 g/mol. The van der Waals surface area contributed by atoms with E-state index in [1.807, 2.05) is 0 Å². The molecule has 1 aliphatic rings. The molecule has 8 heteroatoms. The number of rotatable bonds is 2. The number of ether oxygens (including phenoxy) is 1. The molecule has 0 bridgehead atoms. The number of hydrogen-bond donors (Lipinski definition) is 0. The zero-order valence-electron chi connectivity index (χ0n) is 13.9. The molecular weight excluding hydrogens is 401 g/mol. The molecule has 0 aliphatic carbocycles. The lowest BCUT2D eigenvalue weighted by atomic mass is 10.1. The molecule has 1 aromatic carbocycles. The number of amides is 1. The van der Waals surface area contributed by atoms with E-state index in [0.29, 0.717) is 4.47 Å². The number of benzene rings is 1. The topological polar surface area (TPSA) is 63.7 Å². The van der Waals surface area contributed by atoms with Gasteiger partial charge in [0.05, 0.1) is 4.90 Å². The molecule has 1 heterocycles. The van der Waals surface area contributed by atoms with Gasteiger partial charge >= 0.3 is 6.09 Å². The number of carbonyl (C=O) groups is 1. The summed E-state index contributed by atoms with van der Waals surface area (Å²) >= 11 is 3.22. The van der Waals surface area contributed by atoms with Gasteiger partial charge < -0.3 is 9.64 Å². The van der Waals surface area contributed by atoms with Gasteiger partial charge in [0.2, 0.25) is 14.8 Å². The molecule has 1 aromatic rings. The van der Waals surface area contributed by atoms with Crippen molar-refractivity contribution in [2.24, 2.45) is 0 Å². The van der Waals surface area contributed by atoms with Crippen molar-refractivity contribution < 1.29 is 22.3 Å². The summed E-state index contributed by atoms with van der Waals surface area (Å²) in [7, 11) is -4.13. The van der Waals surface area contributed by atoms with Crippen molar-refractivity contribution >= 4 is 31.9 Å². The van der Waals surface area contributed by atoms with Crippen LogP contribution in [0.2, 0.25) is 0 Å². The lowest BCUT2D eigenvalue weighted by Crippen LogP contribution is -2.49. The van der Waals surface area contributed by atoms with Crippen molar-refractivity contribution in [1.82, 2.24) is 4.90 Å². The number of likely N-dealkylation sites (tertiary alicyclic amines) is 1. The second kappa shape index (κ2) is 6.63. The highest BCUT2D eigenvalue weighted by molar-refractivity contribution is 9.10. The Morgan fingerprint density at radius 3 is 2.17 bits per heavy atom. The van der Waals surface area contributed by atoms with Gasteiger partial charge in [0.15, 0.2) is 0 Å². The maximum Gasteiger partial charge on any atom is 0.410 e. The molecule has 5 nitrogen and oxygen atoms in total. The van der Waals surface area contributed by atoms with E-state index in [1.165, 1.54) is 17.0 Å². The van der Waals surface area contributed by atoms with Gasteiger partial charge in [-0.2, -0.15) is 0 Å². The van der Waals surface area contributed by atoms with Crippen molar-refractivity contribution in [1.29, 1.82) is 0 Å². The number of alkyl halides is 1. The minimum atomic E-state index is -4.13. The van der Waals surface area contributed by atoms with Crippen LogP contribution in [0.5, 0.6) is 0 Å². The number of hydrogen-bond acceptors (Lipinski definition) is 4. The van der Waals surface area contributed by atoms with Crippen molar-refractivity contribution in [3.05, 3.63) is 28.7 Å². The quantitative estimate of drug-likeness (QED) is 0.725. The smallest absolute Gasteiger partial charge is 0.410 e. The van der Waals surface area contributed by atoms with E-state index in [-0.39, 0.29) is 30.8 Å². The average Bonchev–Trinajstić information content (AvgIpc) is 2.46. The standard InChI is InChI=1S/C16H21BrFNO4S/c1-15(2,3)23-14(20)19-10-8-16(18,9-11-19)24(21,22)13-6-4-12(17)5-7-13/h4-7H,8-11H2,1-3H3. The molecule has 0 spiro atoms. The number of sulfone groups is 1. The summed E-state index contributed by atoms with van der Waals surface area (Å²) in [4.78, 5) is 13.3. The van der Waals surface area contributed by atoms with Crippen LogP contribution >= 0.6 is 15.9 Å². The summed E-state index contributed by atoms with van der Waals surface area (Å²) < 4.78 is 46.3. The summed E-state index contributed by atoms with van der Waals surface area (Å²) in [6, 6.07) is 5.88. The third-order valence-corrected chi connectivity index (χ3v) is 6.56. The predicted octanol–water partition coefficient (Wildman–Crippen LogP) is 3.92. The summed E-state index contributed by atoms with van der Waals surface area (Å²) in [6.07, 6.45) is -1.10. The van der Waals surface area contributed by atoms with Crippen LogP contribution in [-0.4, -0.2) is 43.1 Å². The van der Waals surface area contributed by atoms with E-state index >= 15 is 4.39 Å². The van der Waals surface area contributed by atoms with Crippen molar-refractivity contribution in [3.63, 3.8) is 0 Å². The minimum Gasteiger partial charge on any atom is -0.444 e. The first-order valence-electron chi connectivity index (χ1n) is 7.62. The molecule has 1 fully saturated rings. The third kappa shape index (κ3) is 4.08. The van der Waals surface area contributed by atoms with E-state index in [4.69, 9.17) is 4.74 Å². The van der Waals surface area contributed by atoms with Gasteiger partial charge in [0, 0.05) is 30.4 Å². The summed E-state index contributed by atoms with van der Waals surface area (Å²) in [5.41, 5.74) is -0.648. The lowest BCUT2D eigenvalue weighted by molar-refractivity contribution is 0.0137. The SMILES string of the molecule is CC(C)(C)OC(=O)N1CCC(F)(S(=O)(=O)c2ccc(Br)cc2)CC1. The normalized spacial score (nSPS) is 18.3. The third-order valence-electron chi connectivity index (χ3n) is 3.77. The molecule has 1 aliphatic heterocycles. The van der Waals surface area contributed by atoms with Gasteiger partial charge in [-0.05, 0) is 45.0 Å². The Labute approximate surface area is 150 Å². The molecule has 0 saturated carbocycles. The van der Waals surface area contributed by atoms with Crippen molar-refractivity contribution in [2.45, 2.75) is 49.1 Å². The number of piperidine rings is 1. The molecule has 0 unspecified atom stereocenters. The van der Waals surface area contributed by atoms with Gasteiger partial charge in [0.25, 0.3) is 0 Å². The zero-order valence-corrected chi connectivity index (χ0v) is 16.3. The molecule has 1 amide bonds. The number of carbonyl (C=O) groups excluding carboxylic acids is 1. The predicted molar refractivity (Wildman–Crippen MR) is 92.2 cm³/mol. The summed E-state index contributed by atoms with van der Waals surface area (Å²) in [6.45, 7) is 5.23. The molecule has 2 rings (SSSR count). The first-order valence-corrected chi connectivity index (χ1v) is 9.89. The molecule has 24 heavy (non-hydrogen) atoms. The highest BCUT2D eigenvalue weighted by Crippen LogP contribution is 2.37. The number of halogens is 2. The maximum absolute atomic E-state index is 15.1. The fourth-order valence-electron chi connectivity index (χ4n) is 2.44. The van der Waals surface area contributed by atoms with E-state index in [9.17, 15) is 13.2 Å². The Hall–Kier alpha value is -1.15. The van der Waals surface area contributed by atoms with Crippen LogP contribution in [0.1, 0.15) is 33.6 Å². The van der Waals surface area contributed by atoms with Gasteiger partial charge in [-0.15, -0.1) is 0 Å². The molecule has 0 N–H and O–H groups in total. The fourth-order valence-corrected chi connectivity index (χ4v) is 4.34. The van der Waals surface area contributed by atoms with Crippen LogP contribution in [0.3, 0.4) is 0 Å². The van der Waals surface area contributed by atoms with Gasteiger partial charge in [0.1, 0.15) is 5.60 Å². The van der Waals surface area contributed by atoms with Crippen molar-refractivity contribution in [3.8, 4) is 0 Å². The second-order valence-corrected chi connectivity index (χ2v) is 9.93. The summed E-state index contributed by atoms with van der Waals surface area (Å²) in [5.74, 6) is 0. The van der Waals surface area contributed by atoms with E-state index in [2.05, 4.69) is 15.9 Å². The van der Waals surface area contributed by atoms with Gasteiger partial charge in [-0.3, -0.25) is 0 Å². The van der Waals surface area contributed by atoms with Crippen LogP contribution in [-0.2, 0) is 14.6 Å². The molecule has 134 valence electrons. The van der Waals surface area contributed by atoms with Gasteiger partial charge in [-0.25, -0.2) is 17.6 Å². The molecule has 0 atom stereocenters. The van der Waals surface area contributed by atoms with E-state index in [0.717, 1.165) is 0 Å². The van der Waals surface area contributed by atoms with E-state index in [1.54, 1.807) is 32.9 Å². The highest BCUT2D eigenvalue weighted by atomic mass is 79.9. The Kier molecular flexibility index (Phi) is 5.30. The van der Waals surface area contributed by atoms with Gasteiger partial charge in [-0.1, -0.05) is 15.9 Å². The molecular formula is C16H21BrFNO4S. The van der Waals surface area contributed by atoms with E-state index < -0.39 is 26.5 Å². The molecule has 0 aromatic heterocycles. The Bertz CT molecular complexity index is 705. The lowest BCUT2D eigenvalue weighted by Gasteiger charge is -2.36. The van der Waals surface area contributed by atoms with Crippen LogP contribution in [0.15, 0.2) is 33.6 Å². The monoisotopic (exact) mass is 421 g/mol. The fraction of sp³-hybridized carbons (Fsp3) is 0.562. The first kappa shape index (κ1) is 19.2. The Morgan fingerprint density at radius 2 is 1.71 bits per heavy atom. The van der Waals surface area contributed by atoms with Crippen molar-refractivity contribution in [2.75, 3.05) is 13.1 Å². The van der Waals surface area contributed by atoms with Crippen LogP contribution in [0.25, 0.3) is 0 Å². The van der Waals surface area contributed by atoms with Crippen LogP contribution < -0.4 is 0 Å². The largest absolute Gasteiger partial charge is 0.444 e. The summed E-state index contributed by atoms with van der Waals surface area (Å²) in [5, 5.41) is -2.38.